The van der Waals surface area contributed by atoms with Gasteiger partial charge in [0, 0.05) is 12.6 Å². The molecule has 1 heterocycles. The lowest BCUT2D eigenvalue weighted by Crippen LogP contribution is -2.16. The number of nitrogens with one attached hydrogen (secondary N) is 2. The van der Waals surface area contributed by atoms with Crippen molar-refractivity contribution in [3.05, 3.63) is 12.4 Å². The van der Waals surface area contributed by atoms with Gasteiger partial charge in [-0.05, 0) is 19.3 Å². The fourth-order valence-corrected chi connectivity index (χ4v) is 2.05. The quantitative estimate of drug-likeness (QED) is 0.801. The van der Waals surface area contributed by atoms with Gasteiger partial charge in [-0.2, -0.15) is 0 Å². The maximum atomic E-state index is 4.49. The van der Waals surface area contributed by atoms with Crippen molar-refractivity contribution in [3.8, 4) is 0 Å². The molecule has 0 spiro atoms. The average molecular weight is 220 g/mol. The summed E-state index contributed by atoms with van der Waals surface area (Å²) in [5.41, 5.74) is 0. The molecule has 0 atom stereocenters. The van der Waals surface area contributed by atoms with E-state index in [0.717, 1.165) is 24.6 Å². The maximum absolute atomic E-state index is 4.49. The van der Waals surface area contributed by atoms with Crippen LogP contribution in [0.25, 0.3) is 0 Å². The van der Waals surface area contributed by atoms with Gasteiger partial charge >= 0.3 is 0 Å². The fourth-order valence-electron chi connectivity index (χ4n) is 2.05. The first kappa shape index (κ1) is 11.2. The second kappa shape index (κ2) is 5.68. The van der Waals surface area contributed by atoms with E-state index in [-0.39, 0.29) is 0 Å². The second-order valence-corrected chi connectivity index (χ2v) is 4.34. The number of nitrogens with zero attached hydrogens (tertiary/aromatic N) is 2. The Morgan fingerprint density at radius 3 is 2.75 bits per heavy atom. The minimum atomic E-state index is 0.593. The van der Waals surface area contributed by atoms with Crippen LogP contribution in [-0.2, 0) is 0 Å². The highest BCUT2D eigenvalue weighted by Gasteiger charge is 2.14. The molecule has 88 valence electrons. The van der Waals surface area contributed by atoms with Gasteiger partial charge in [0.05, 0.1) is 12.4 Å². The lowest BCUT2D eigenvalue weighted by molar-refractivity contribution is 0.749. The highest BCUT2D eigenvalue weighted by Crippen LogP contribution is 2.21. The van der Waals surface area contributed by atoms with E-state index in [4.69, 9.17) is 0 Å². The molecule has 0 unspecified atom stereocenters. The van der Waals surface area contributed by atoms with Crippen molar-refractivity contribution >= 4 is 11.6 Å². The van der Waals surface area contributed by atoms with Crippen LogP contribution in [0.1, 0.15) is 39.0 Å². The van der Waals surface area contributed by atoms with Gasteiger partial charge in [0.15, 0.2) is 0 Å². The normalized spacial score (nSPS) is 16.3. The molecule has 0 aliphatic heterocycles. The van der Waals surface area contributed by atoms with Crippen molar-refractivity contribution < 1.29 is 0 Å². The van der Waals surface area contributed by atoms with Crippen LogP contribution in [0, 0.1) is 0 Å². The Bertz CT molecular complexity index is 321. The zero-order valence-corrected chi connectivity index (χ0v) is 9.87. The lowest BCUT2D eigenvalue weighted by Gasteiger charge is -2.13. The number of rotatable bonds is 5. The molecule has 1 aliphatic carbocycles. The van der Waals surface area contributed by atoms with Gasteiger partial charge in [0.25, 0.3) is 0 Å². The number of hydrogen-bond acceptors (Lipinski definition) is 4. The number of anilines is 2. The fraction of sp³-hybridized carbons (Fsp3) is 0.667. The largest absolute Gasteiger partial charge is 0.369 e. The molecule has 1 aliphatic rings. The third kappa shape index (κ3) is 3.08. The summed E-state index contributed by atoms with van der Waals surface area (Å²) in [6.07, 6.45) is 9.85. The molecular formula is C12H20N4. The first-order chi connectivity index (χ1) is 7.88. The molecule has 2 N–H and O–H groups in total. The first-order valence-electron chi connectivity index (χ1n) is 6.21. The van der Waals surface area contributed by atoms with Gasteiger partial charge in [-0.25, -0.2) is 4.98 Å². The van der Waals surface area contributed by atoms with Gasteiger partial charge in [-0.3, -0.25) is 4.98 Å². The second-order valence-electron chi connectivity index (χ2n) is 4.34. The Morgan fingerprint density at radius 1 is 1.25 bits per heavy atom. The summed E-state index contributed by atoms with van der Waals surface area (Å²) in [5, 5.41) is 6.69. The molecule has 1 aromatic heterocycles. The summed E-state index contributed by atoms with van der Waals surface area (Å²) >= 11 is 0. The van der Waals surface area contributed by atoms with Crippen LogP contribution in [0.5, 0.6) is 0 Å². The predicted molar refractivity (Wildman–Crippen MR) is 66.7 cm³/mol. The van der Waals surface area contributed by atoms with Crippen molar-refractivity contribution in [2.75, 3.05) is 17.2 Å². The Morgan fingerprint density at radius 2 is 2.00 bits per heavy atom. The van der Waals surface area contributed by atoms with Gasteiger partial charge in [-0.15, -0.1) is 0 Å². The van der Waals surface area contributed by atoms with Crippen molar-refractivity contribution in [3.63, 3.8) is 0 Å². The van der Waals surface area contributed by atoms with Gasteiger partial charge in [0.1, 0.15) is 11.6 Å². The van der Waals surface area contributed by atoms with Crippen LogP contribution in [0.3, 0.4) is 0 Å². The predicted octanol–water partition coefficient (Wildman–Crippen LogP) is 2.65. The standard InChI is InChI=1S/C12H20N4/c1-2-7-14-11-8-13-9-12(16-11)15-10-5-3-4-6-10/h8-10H,2-7H2,1H3,(H2,14,15,16). The molecule has 4 heteroatoms. The molecule has 1 aromatic rings. The highest BCUT2D eigenvalue weighted by atomic mass is 15.1. The number of hydrogen-bond donors (Lipinski definition) is 2. The summed E-state index contributed by atoms with van der Waals surface area (Å²) in [6.45, 7) is 3.09. The van der Waals surface area contributed by atoms with Gasteiger partial charge < -0.3 is 10.6 Å². The zero-order valence-electron chi connectivity index (χ0n) is 9.87. The van der Waals surface area contributed by atoms with Crippen molar-refractivity contribution in [2.24, 2.45) is 0 Å². The highest BCUT2D eigenvalue weighted by molar-refractivity contribution is 5.42. The summed E-state index contributed by atoms with van der Waals surface area (Å²) in [6, 6.07) is 0.593. The molecular weight excluding hydrogens is 200 g/mol. The van der Waals surface area contributed by atoms with Crippen LogP contribution in [-0.4, -0.2) is 22.6 Å². The van der Waals surface area contributed by atoms with E-state index in [1.54, 1.807) is 12.4 Å². The molecule has 0 bridgehead atoms. The molecule has 0 saturated heterocycles. The minimum Gasteiger partial charge on any atom is -0.369 e. The Labute approximate surface area is 96.9 Å². The van der Waals surface area contributed by atoms with E-state index in [2.05, 4.69) is 27.5 Å². The summed E-state index contributed by atoms with van der Waals surface area (Å²) in [5.74, 6) is 1.76. The van der Waals surface area contributed by atoms with Crippen LogP contribution in [0.4, 0.5) is 11.6 Å². The Balaban J connectivity index is 1.92. The van der Waals surface area contributed by atoms with Gasteiger partial charge in [-0.1, -0.05) is 19.8 Å². The molecule has 4 nitrogen and oxygen atoms in total. The van der Waals surface area contributed by atoms with E-state index in [1.165, 1.54) is 25.7 Å². The molecule has 16 heavy (non-hydrogen) atoms. The van der Waals surface area contributed by atoms with E-state index in [0.29, 0.717) is 6.04 Å². The third-order valence-electron chi connectivity index (χ3n) is 2.90. The monoisotopic (exact) mass is 220 g/mol. The van der Waals surface area contributed by atoms with Crippen LogP contribution >= 0.6 is 0 Å². The van der Waals surface area contributed by atoms with E-state index < -0.39 is 0 Å². The SMILES string of the molecule is CCCNc1cncc(NC2CCCC2)n1. The van der Waals surface area contributed by atoms with E-state index in [9.17, 15) is 0 Å². The summed E-state index contributed by atoms with van der Waals surface area (Å²) in [7, 11) is 0. The lowest BCUT2D eigenvalue weighted by atomic mass is 10.2. The van der Waals surface area contributed by atoms with Crippen LogP contribution in [0.15, 0.2) is 12.4 Å². The molecule has 0 amide bonds. The smallest absolute Gasteiger partial charge is 0.147 e. The zero-order chi connectivity index (χ0) is 11.2. The third-order valence-corrected chi connectivity index (χ3v) is 2.90. The maximum Gasteiger partial charge on any atom is 0.147 e. The van der Waals surface area contributed by atoms with Crippen LogP contribution < -0.4 is 10.6 Å². The summed E-state index contributed by atoms with van der Waals surface area (Å²) in [4.78, 5) is 8.68. The van der Waals surface area contributed by atoms with E-state index >= 15 is 0 Å². The first-order valence-corrected chi connectivity index (χ1v) is 6.21. The minimum absolute atomic E-state index is 0.593. The number of aromatic nitrogens is 2. The van der Waals surface area contributed by atoms with Crippen molar-refractivity contribution in [2.45, 2.75) is 45.1 Å². The Kier molecular flexibility index (Phi) is 3.97. The van der Waals surface area contributed by atoms with E-state index in [1.807, 2.05) is 0 Å². The van der Waals surface area contributed by atoms with Crippen LogP contribution in [0.2, 0.25) is 0 Å². The molecule has 1 fully saturated rings. The van der Waals surface area contributed by atoms with Crippen molar-refractivity contribution in [1.29, 1.82) is 0 Å². The molecule has 2 rings (SSSR count). The Hall–Kier alpha value is -1.32. The van der Waals surface area contributed by atoms with Gasteiger partial charge in [0.2, 0.25) is 0 Å². The van der Waals surface area contributed by atoms with Crippen molar-refractivity contribution in [1.82, 2.24) is 9.97 Å². The topological polar surface area (TPSA) is 49.8 Å². The molecule has 1 saturated carbocycles. The average Bonchev–Trinajstić information content (AvgIpc) is 2.80. The summed E-state index contributed by atoms with van der Waals surface area (Å²) < 4.78 is 0. The molecule has 0 aromatic carbocycles. The molecule has 0 radical (unpaired) electrons.